The van der Waals surface area contributed by atoms with E-state index in [2.05, 4.69) is 31.1 Å². The molecule has 1 aliphatic heterocycles. The van der Waals surface area contributed by atoms with E-state index in [9.17, 15) is 4.39 Å². The van der Waals surface area contributed by atoms with Crippen molar-refractivity contribution in [2.75, 3.05) is 6.54 Å². The monoisotopic (exact) mass is 290 g/mol. The summed E-state index contributed by atoms with van der Waals surface area (Å²) < 4.78 is 13.9. The summed E-state index contributed by atoms with van der Waals surface area (Å²) in [4.78, 5) is 6.24. The molecule has 0 radical (unpaired) electrons. The lowest BCUT2D eigenvalue weighted by atomic mass is 9.84. The first-order valence-corrected chi connectivity index (χ1v) is 6.63. The highest BCUT2D eigenvalue weighted by atomic mass is 19.1. The van der Waals surface area contributed by atoms with Gasteiger partial charge in [0.15, 0.2) is 0 Å². The Bertz CT molecular complexity index is 479. The van der Waals surface area contributed by atoms with Gasteiger partial charge in [0.2, 0.25) is 0 Å². The SMILES string of the molecule is C#CO.C=C.C=C(c1ccccn1)N1CC(C)(F)C1CC. The third-order valence-electron chi connectivity index (χ3n) is 3.24. The van der Waals surface area contributed by atoms with Crippen molar-refractivity contribution in [2.45, 2.75) is 32.0 Å². The number of alkyl halides is 1. The molecule has 4 heteroatoms. The largest absolute Gasteiger partial charge is 0.462 e. The summed E-state index contributed by atoms with van der Waals surface area (Å²) in [6.07, 6.45) is 7.93. The molecule has 2 rings (SSSR count). The molecular formula is C17H23FN2O. The van der Waals surface area contributed by atoms with E-state index in [1.54, 1.807) is 13.1 Å². The molecule has 0 spiro atoms. The molecule has 2 atom stereocenters. The van der Waals surface area contributed by atoms with E-state index >= 15 is 0 Å². The first-order valence-electron chi connectivity index (χ1n) is 6.63. The van der Waals surface area contributed by atoms with Gasteiger partial charge in [-0.3, -0.25) is 4.98 Å². The number of hydrogen-bond acceptors (Lipinski definition) is 3. The predicted octanol–water partition coefficient (Wildman–Crippen LogP) is 3.63. The Kier molecular flexibility index (Phi) is 7.85. The van der Waals surface area contributed by atoms with Crippen LogP contribution in [0.4, 0.5) is 4.39 Å². The lowest BCUT2D eigenvalue weighted by molar-refractivity contribution is -0.0483. The smallest absolute Gasteiger partial charge is 0.145 e. The quantitative estimate of drug-likeness (QED) is 0.682. The number of aromatic nitrogens is 1. The van der Waals surface area contributed by atoms with Gasteiger partial charge in [0.25, 0.3) is 0 Å². The molecule has 0 amide bonds. The normalized spacial score (nSPS) is 22.4. The summed E-state index contributed by atoms with van der Waals surface area (Å²) in [6.45, 7) is 14.1. The molecule has 0 bridgehead atoms. The van der Waals surface area contributed by atoms with Crippen molar-refractivity contribution in [1.82, 2.24) is 9.88 Å². The van der Waals surface area contributed by atoms with Gasteiger partial charge < -0.3 is 10.0 Å². The van der Waals surface area contributed by atoms with Crippen molar-refractivity contribution in [2.24, 2.45) is 0 Å². The highest BCUT2D eigenvalue weighted by Gasteiger charge is 2.49. The molecule has 2 unspecified atom stereocenters. The molecule has 0 aliphatic carbocycles. The Labute approximate surface area is 126 Å². The summed E-state index contributed by atoms with van der Waals surface area (Å²) >= 11 is 0. The second-order valence-electron chi connectivity index (χ2n) is 4.62. The van der Waals surface area contributed by atoms with Gasteiger partial charge in [0.1, 0.15) is 11.8 Å². The van der Waals surface area contributed by atoms with Crippen LogP contribution in [0.1, 0.15) is 26.0 Å². The predicted molar refractivity (Wildman–Crippen MR) is 85.6 cm³/mol. The number of pyridine rings is 1. The molecule has 1 aliphatic rings. The van der Waals surface area contributed by atoms with Gasteiger partial charge in [-0.15, -0.1) is 13.2 Å². The Morgan fingerprint density at radius 3 is 2.57 bits per heavy atom. The van der Waals surface area contributed by atoms with Crippen LogP contribution in [0.5, 0.6) is 0 Å². The molecule has 114 valence electrons. The number of terminal acetylenes is 1. The number of aliphatic hydroxyl groups is 1. The zero-order valence-electron chi connectivity index (χ0n) is 12.7. The minimum Gasteiger partial charge on any atom is -0.462 e. The maximum absolute atomic E-state index is 13.9. The molecule has 1 N–H and O–H groups in total. The third kappa shape index (κ3) is 4.64. The van der Waals surface area contributed by atoms with Gasteiger partial charge in [-0.2, -0.15) is 0 Å². The standard InChI is InChI=1S/C13H17FN2.C2H2O.C2H4/c1-4-12-13(3,14)9-16(12)10(2)11-7-5-6-8-15-11;1-2-3;1-2/h5-8,12H,2,4,9H2,1,3H3;1,3H;1-2H2. The van der Waals surface area contributed by atoms with E-state index in [1.165, 1.54) is 6.11 Å². The van der Waals surface area contributed by atoms with E-state index in [0.717, 1.165) is 17.8 Å². The zero-order chi connectivity index (χ0) is 16.5. The Balaban J connectivity index is 0.000000713. The van der Waals surface area contributed by atoms with E-state index < -0.39 is 5.67 Å². The van der Waals surface area contributed by atoms with Crippen molar-refractivity contribution < 1.29 is 9.50 Å². The third-order valence-corrected chi connectivity index (χ3v) is 3.24. The Hall–Kier alpha value is -2.28. The second kappa shape index (κ2) is 8.80. The molecule has 3 nitrogen and oxygen atoms in total. The molecule has 0 saturated carbocycles. The summed E-state index contributed by atoms with van der Waals surface area (Å²) in [7, 11) is 0. The zero-order valence-corrected chi connectivity index (χ0v) is 12.7. The lowest BCUT2D eigenvalue weighted by Gasteiger charge is -2.52. The van der Waals surface area contributed by atoms with Crippen LogP contribution in [0.25, 0.3) is 5.70 Å². The van der Waals surface area contributed by atoms with Gasteiger partial charge in [-0.05, 0) is 25.5 Å². The van der Waals surface area contributed by atoms with Gasteiger partial charge >= 0.3 is 0 Å². The summed E-state index contributed by atoms with van der Waals surface area (Å²) in [5, 5.41) is 7.10. The first-order chi connectivity index (χ1) is 9.97. The lowest BCUT2D eigenvalue weighted by Crippen LogP contribution is -2.64. The minimum absolute atomic E-state index is 0.0676. The number of likely N-dealkylation sites (tertiary alicyclic amines) is 1. The molecule has 1 saturated heterocycles. The van der Waals surface area contributed by atoms with Crippen LogP contribution in [-0.4, -0.2) is 33.2 Å². The van der Waals surface area contributed by atoms with Crippen molar-refractivity contribution >= 4 is 5.70 Å². The number of hydrogen-bond donors (Lipinski definition) is 1. The second-order valence-corrected chi connectivity index (χ2v) is 4.62. The number of nitrogens with zero attached hydrogens (tertiary/aromatic N) is 2. The van der Waals surface area contributed by atoms with E-state index in [0.29, 0.717) is 6.54 Å². The van der Waals surface area contributed by atoms with Crippen LogP contribution in [0.2, 0.25) is 0 Å². The first kappa shape index (κ1) is 18.7. The topological polar surface area (TPSA) is 36.4 Å². The average Bonchev–Trinajstić information content (AvgIpc) is 2.48. The molecular weight excluding hydrogens is 267 g/mol. The molecule has 0 aromatic carbocycles. The maximum Gasteiger partial charge on any atom is 0.145 e. The van der Waals surface area contributed by atoms with Crippen molar-refractivity contribution in [3.63, 3.8) is 0 Å². The van der Waals surface area contributed by atoms with Crippen LogP contribution < -0.4 is 0 Å². The van der Waals surface area contributed by atoms with Crippen molar-refractivity contribution in [3.05, 3.63) is 49.8 Å². The highest BCUT2D eigenvalue weighted by molar-refractivity contribution is 5.60. The fraction of sp³-hybridized carbons (Fsp3) is 0.353. The molecule has 1 aromatic rings. The minimum atomic E-state index is -1.09. The fourth-order valence-electron chi connectivity index (χ4n) is 2.37. The Morgan fingerprint density at radius 2 is 2.19 bits per heavy atom. The van der Waals surface area contributed by atoms with Gasteiger partial charge in [0.05, 0.1) is 24.0 Å². The van der Waals surface area contributed by atoms with Gasteiger partial charge in [0, 0.05) is 6.20 Å². The van der Waals surface area contributed by atoms with Crippen LogP contribution in [0.15, 0.2) is 44.1 Å². The highest BCUT2D eigenvalue weighted by Crippen LogP contribution is 2.39. The van der Waals surface area contributed by atoms with Crippen LogP contribution in [0, 0.1) is 12.5 Å². The van der Waals surface area contributed by atoms with Gasteiger partial charge in [-0.1, -0.05) is 26.0 Å². The van der Waals surface area contributed by atoms with Gasteiger partial charge in [-0.25, -0.2) is 4.39 Å². The van der Waals surface area contributed by atoms with Crippen molar-refractivity contribution in [1.29, 1.82) is 0 Å². The maximum atomic E-state index is 13.9. The fourth-order valence-corrected chi connectivity index (χ4v) is 2.37. The van der Waals surface area contributed by atoms with Crippen LogP contribution in [0.3, 0.4) is 0 Å². The van der Waals surface area contributed by atoms with E-state index in [4.69, 9.17) is 5.11 Å². The number of rotatable bonds is 3. The average molecular weight is 290 g/mol. The Morgan fingerprint density at radius 1 is 1.62 bits per heavy atom. The van der Waals surface area contributed by atoms with Crippen molar-refractivity contribution in [3.8, 4) is 12.5 Å². The van der Waals surface area contributed by atoms with Crippen LogP contribution >= 0.6 is 0 Å². The van der Waals surface area contributed by atoms with Crippen LogP contribution in [-0.2, 0) is 0 Å². The van der Waals surface area contributed by atoms with E-state index in [1.807, 2.05) is 30.0 Å². The summed E-state index contributed by atoms with van der Waals surface area (Å²) in [5.74, 6) is 0. The molecule has 1 fully saturated rings. The number of aliphatic hydroxyl groups excluding tert-OH is 1. The number of halogens is 1. The summed E-state index contributed by atoms with van der Waals surface area (Å²) in [5.41, 5.74) is 0.561. The molecule has 21 heavy (non-hydrogen) atoms. The summed E-state index contributed by atoms with van der Waals surface area (Å²) in [6, 6.07) is 5.62. The molecule has 1 aromatic heterocycles. The molecule has 2 heterocycles. The van der Waals surface area contributed by atoms with E-state index in [-0.39, 0.29) is 6.04 Å².